The SMILES string of the molecule is COc1cccc(OC2CN(C(=O)CCN3C[C@@H](C)O[C@@H](C)C3)C2)c1. The van der Waals surface area contributed by atoms with Crippen LogP contribution in [-0.4, -0.2) is 73.9 Å². The van der Waals surface area contributed by atoms with Crippen LogP contribution in [0.2, 0.25) is 0 Å². The molecule has 6 nitrogen and oxygen atoms in total. The highest BCUT2D eigenvalue weighted by Gasteiger charge is 2.32. The number of hydrogen-bond acceptors (Lipinski definition) is 5. The Labute approximate surface area is 149 Å². The van der Waals surface area contributed by atoms with Crippen molar-refractivity contribution in [1.82, 2.24) is 9.80 Å². The number of hydrogen-bond donors (Lipinski definition) is 0. The van der Waals surface area contributed by atoms with E-state index in [1.54, 1.807) is 7.11 Å². The van der Waals surface area contributed by atoms with E-state index in [9.17, 15) is 4.79 Å². The lowest BCUT2D eigenvalue weighted by atomic mass is 10.1. The molecule has 1 aromatic rings. The molecule has 1 amide bonds. The molecule has 2 heterocycles. The van der Waals surface area contributed by atoms with Crippen molar-refractivity contribution in [2.24, 2.45) is 0 Å². The van der Waals surface area contributed by atoms with Crippen molar-refractivity contribution in [1.29, 1.82) is 0 Å². The van der Waals surface area contributed by atoms with Crippen molar-refractivity contribution in [3.05, 3.63) is 24.3 Å². The van der Waals surface area contributed by atoms with Crippen LogP contribution in [0.1, 0.15) is 20.3 Å². The summed E-state index contributed by atoms with van der Waals surface area (Å²) in [7, 11) is 1.64. The van der Waals surface area contributed by atoms with E-state index >= 15 is 0 Å². The minimum atomic E-state index is 0.0690. The Morgan fingerprint density at radius 3 is 2.52 bits per heavy atom. The molecule has 0 aromatic heterocycles. The van der Waals surface area contributed by atoms with Gasteiger partial charge in [0.05, 0.1) is 32.4 Å². The summed E-state index contributed by atoms with van der Waals surface area (Å²) < 4.78 is 16.8. The number of rotatable bonds is 6. The lowest BCUT2D eigenvalue weighted by Gasteiger charge is -2.40. The fourth-order valence-electron chi connectivity index (χ4n) is 3.46. The summed E-state index contributed by atoms with van der Waals surface area (Å²) in [5.74, 6) is 1.77. The van der Waals surface area contributed by atoms with Crippen LogP contribution in [-0.2, 0) is 9.53 Å². The van der Waals surface area contributed by atoms with Gasteiger partial charge in [0.2, 0.25) is 5.91 Å². The average molecular weight is 348 g/mol. The molecule has 0 spiro atoms. The van der Waals surface area contributed by atoms with E-state index in [4.69, 9.17) is 14.2 Å². The molecule has 0 unspecified atom stereocenters. The summed E-state index contributed by atoms with van der Waals surface area (Å²) in [5.41, 5.74) is 0. The number of amides is 1. The Bertz CT molecular complexity index is 579. The van der Waals surface area contributed by atoms with Gasteiger partial charge in [-0.25, -0.2) is 0 Å². The highest BCUT2D eigenvalue weighted by atomic mass is 16.5. The molecule has 0 bridgehead atoms. The van der Waals surface area contributed by atoms with Crippen LogP contribution in [0.3, 0.4) is 0 Å². The number of nitrogens with zero attached hydrogens (tertiary/aromatic N) is 2. The van der Waals surface area contributed by atoms with Gasteiger partial charge in [0.1, 0.15) is 17.6 Å². The van der Waals surface area contributed by atoms with E-state index in [-0.39, 0.29) is 24.2 Å². The first-order valence-corrected chi connectivity index (χ1v) is 9.00. The van der Waals surface area contributed by atoms with Gasteiger partial charge in [-0.1, -0.05) is 6.07 Å². The fourth-order valence-corrected chi connectivity index (χ4v) is 3.46. The van der Waals surface area contributed by atoms with Crippen LogP contribution in [0.15, 0.2) is 24.3 Å². The van der Waals surface area contributed by atoms with Gasteiger partial charge in [-0.3, -0.25) is 9.69 Å². The van der Waals surface area contributed by atoms with E-state index in [2.05, 4.69) is 18.7 Å². The summed E-state index contributed by atoms with van der Waals surface area (Å²) in [6.45, 7) is 8.09. The standard InChI is InChI=1S/C19H28N2O4/c1-14-10-20(11-15(2)24-14)8-7-19(22)21-12-18(13-21)25-17-6-4-5-16(9-17)23-3/h4-6,9,14-15,18H,7-8,10-13H2,1-3H3/t14-,15+. The lowest BCUT2D eigenvalue weighted by Crippen LogP contribution is -2.56. The Kier molecular flexibility index (Phi) is 5.81. The summed E-state index contributed by atoms with van der Waals surface area (Å²) in [6, 6.07) is 7.57. The fraction of sp³-hybridized carbons (Fsp3) is 0.632. The average Bonchev–Trinajstić information content (AvgIpc) is 2.55. The van der Waals surface area contributed by atoms with E-state index in [1.165, 1.54) is 0 Å². The topological polar surface area (TPSA) is 51.2 Å². The van der Waals surface area contributed by atoms with Gasteiger partial charge in [-0.2, -0.15) is 0 Å². The highest BCUT2D eigenvalue weighted by molar-refractivity contribution is 5.77. The molecular weight excluding hydrogens is 320 g/mol. The van der Waals surface area contributed by atoms with E-state index in [0.29, 0.717) is 19.5 Å². The normalized spacial score (nSPS) is 24.7. The predicted octanol–water partition coefficient (Wildman–Crippen LogP) is 1.78. The number of likely N-dealkylation sites (tertiary alicyclic amines) is 1. The molecule has 0 aliphatic carbocycles. The zero-order chi connectivity index (χ0) is 17.8. The number of ether oxygens (including phenoxy) is 3. The van der Waals surface area contributed by atoms with Crippen LogP contribution in [0.4, 0.5) is 0 Å². The maximum absolute atomic E-state index is 12.3. The number of morpholine rings is 1. The molecule has 0 N–H and O–H groups in total. The Hall–Kier alpha value is -1.79. The first-order valence-electron chi connectivity index (χ1n) is 9.00. The number of carbonyl (C=O) groups excluding carboxylic acids is 1. The molecule has 2 aliphatic rings. The van der Waals surface area contributed by atoms with Gasteiger partial charge in [-0.05, 0) is 26.0 Å². The van der Waals surface area contributed by atoms with Crippen LogP contribution in [0.5, 0.6) is 11.5 Å². The zero-order valence-electron chi connectivity index (χ0n) is 15.3. The third-order valence-electron chi connectivity index (χ3n) is 4.68. The molecule has 1 aromatic carbocycles. The second-order valence-corrected chi connectivity index (χ2v) is 6.98. The van der Waals surface area contributed by atoms with E-state index in [1.807, 2.05) is 29.2 Å². The van der Waals surface area contributed by atoms with E-state index < -0.39 is 0 Å². The maximum Gasteiger partial charge on any atom is 0.224 e. The van der Waals surface area contributed by atoms with Gasteiger partial charge < -0.3 is 19.1 Å². The zero-order valence-corrected chi connectivity index (χ0v) is 15.3. The molecular formula is C19H28N2O4. The third kappa shape index (κ3) is 4.86. The Morgan fingerprint density at radius 2 is 1.84 bits per heavy atom. The lowest BCUT2D eigenvalue weighted by molar-refractivity contribution is -0.141. The van der Waals surface area contributed by atoms with Gasteiger partial charge in [0, 0.05) is 32.1 Å². The second-order valence-electron chi connectivity index (χ2n) is 6.98. The monoisotopic (exact) mass is 348 g/mol. The molecule has 138 valence electrons. The molecule has 2 aliphatic heterocycles. The Balaban J connectivity index is 1.38. The minimum absolute atomic E-state index is 0.0690. The number of methoxy groups -OCH3 is 1. The summed E-state index contributed by atoms with van der Waals surface area (Å²) >= 11 is 0. The van der Waals surface area contributed by atoms with Crippen molar-refractivity contribution >= 4 is 5.91 Å². The van der Waals surface area contributed by atoms with Gasteiger partial charge in [-0.15, -0.1) is 0 Å². The van der Waals surface area contributed by atoms with E-state index in [0.717, 1.165) is 31.1 Å². The quantitative estimate of drug-likeness (QED) is 0.784. The van der Waals surface area contributed by atoms with Crippen molar-refractivity contribution in [3.8, 4) is 11.5 Å². The van der Waals surface area contributed by atoms with Crippen molar-refractivity contribution in [2.45, 2.75) is 38.6 Å². The molecule has 2 saturated heterocycles. The molecule has 2 atom stereocenters. The summed E-state index contributed by atoms with van der Waals surface area (Å²) in [6.07, 6.45) is 1.11. The van der Waals surface area contributed by atoms with Gasteiger partial charge in [0.25, 0.3) is 0 Å². The van der Waals surface area contributed by atoms with Gasteiger partial charge >= 0.3 is 0 Å². The van der Waals surface area contributed by atoms with Gasteiger partial charge in [0.15, 0.2) is 0 Å². The first kappa shape index (κ1) is 18.0. The second kappa shape index (κ2) is 8.06. The summed E-state index contributed by atoms with van der Waals surface area (Å²) in [5, 5.41) is 0. The molecule has 3 rings (SSSR count). The molecule has 25 heavy (non-hydrogen) atoms. The summed E-state index contributed by atoms with van der Waals surface area (Å²) in [4.78, 5) is 16.5. The van der Waals surface area contributed by atoms with Crippen LogP contribution < -0.4 is 9.47 Å². The minimum Gasteiger partial charge on any atom is -0.497 e. The van der Waals surface area contributed by atoms with Crippen LogP contribution >= 0.6 is 0 Å². The largest absolute Gasteiger partial charge is 0.497 e. The molecule has 6 heteroatoms. The molecule has 2 fully saturated rings. The van der Waals surface area contributed by atoms with Crippen molar-refractivity contribution < 1.29 is 19.0 Å². The van der Waals surface area contributed by atoms with Crippen LogP contribution in [0.25, 0.3) is 0 Å². The highest BCUT2D eigenvalue weighted by Crippen LogP contribution is 2.23. The number of benzene rings is 1. The maximum atomic E-state index is 12.3. The van der Waals surface area contributed by atoms with Crippen LogP contribution in [0, 0.1) is 0 Å². The predicted molar refractivity (Wildman–Crippen MR) is 95.1 cm³/mol. The Morgan fingerprint density at radius 1 is 1.16 bits per heavy atom. The third-order valence-corrected chi connectivity index (χ3v) is 4.68. The van der Waals surface area contributed by atoms with Crippen molar-refractivity contribution in [3.63, 3.8) is 0 Å². The van der Waals surface area contributed by atoms with Crippen molar-refractivity contribution in [2.75, 3.05) is 39.8 Å². The smallest absolute Gasteiger partial charge is 0.224 e. The first-order chi connectivity index (χ1) is 12.0. The number of carbonyl (C=O) groups is 1. The molecule has 0 saturated carbocycles. The molecule has 0 radical (unpaired) electrons.